The fourth-order valence-electron chi connectivity index (χ4n) is 6.18. The molecule has 0 bridgehead atoms. The van der Waals surface area contributed by atoms with Crippen LogP contribution in [0.25, 0.3) is 5.57 Å². The number of nitrogens with zero attached hydrogens (tertiary/aromatic N) is 2. The van der Waals surface area contributed by atoms with E-state index in [1.165, 1.54) is 68.3 Å². The number of piperidine rings is 2. The number of phenolic OH excluding ortho intramolecular Hbond substituents is 1. The van der Waals surface area contributed by atoms with E-state index in [0.717, 1.165) is 53.5 Å². The first-order valence-corrected chi connectivity index (χ1v) is 17.4. The number of hydrogen-bond donors (Lipinski definition) is 2. The number of likely N-dealkylation sites (tertiary alicyclic amines) is 2. The second-order valence-electron chi connectivity index (χ2n) is 12.0. The number of fused-ring (bicyclic) bond motifs is 1. The third-order valence-corrected chi connectivity index (χ3v) is 9.55. The summed E-state index contributed by atoms with van der Waals surface area (Å²) >= 11 is 2.31. The minimum absolute atomic E-state index is 0.0785. The molecule has 2 fully saturated rings. The zero-order valence-corrected chi connectivity index (χ0v) is 28.6. The van der Waals surface area contributed by atoms with E-state index in [-0.39, 0.29) is 18.5 Å². The summed E-state index contributed by atoms with van der Waals surface area (Å²) in [6.07, 6.45) is 7.64. The predicted molar refractivity (Wildman–Crippen MR) is 188 cm³/mol. The minimum atomic E-state index is -0.378. The van der Waals surface area contributed by atoms with Crippen LogP contribution in [0.2, 0.25) is 0 Å². The number of aromatic hydroxyl groups is 1. The zero-order valence-electron chi connectivity index (χ0n) is 26.4. The molecule has 0 saturated carbocycles. The summed E-state index contributed by atoms with van der Waals surface area (Å²) in [5, 5.41) is 19.8. The van der Waals surface area contributed by atoms with Crippen molar-refractivity contribution in [3.63, 3.8) is 0 Å². The first-order chi connectivity index (χ1) is 22.0. The molecule has 3 aliphatic heterocycles. The maximum absolute atomic E-state index is 9.95. The Hall–Kier alpha value is -2.79. The zero-order chi connectivity index (χ0) is 31.4. The van der Waals surface area contributed by atoms with Crippen molar-refractivity contribution in [2.75, 3.05) is 59.1 Å². The molecule has 242 valence electrons. The Morgan fingerprint density at radius 1 is 0.756 bits per heavy atom. The number of ether oxygens (including phenoxy) is 3. The number of halogens is 1. The van der Waals surface area contributed by atoms with E-state index in [1.54, 1.807) is 12.1 Å². The molecule has 8 heteroatoms. The van der Waals surface area contributed by atoms with Gasteiger partial charge < -0.3 is 24.4 Å². The molecule has 3 aromatic rings. The van der Waals surface area contributed by atoms with Crippen LogP contribution in [0.5, 0.6) is 23.0 Å². The van der Waals surface area contributed by atoms with Crippen molar-refractivity contribution in [3.05, 3.63) is 87.0 Å². The molecular formula is C37H47IN2O5. The van der Waals surface area contributed by atoms with E-state index in [1.807, 2.05) is 49.4 Å². The van der Waals surface area contributed by atoms with E-state index in [9.17, 15) is 10.2 Å². The third-order valence-electron chi connectivity index (χ3n) is 8.83. The second-order valence-corrected chi connectivity index (χ2v) is 13.3. The topological polar surface area (TPSA) is 74.6 Å². The molecule has 0 amide bonds. The van der Waals surface area contributed by atoms with E-state index in [4.69, 9.17) is 14.2 Å². The number of aliphatic hydroxyl groups is 1. The molecule has 1 atom stereocenters. The summed E-state index contributed by atoms with van der Waals surface area (Å²) in [4.78, 5) is 4.96. The predicted octanol–water partition coefficient (Wildman–Crippen LogP) is 7.31. The highest BCUT2D eigenvalue weighted by molar-refractivity contribution is 14.1. The van der Waals surface area contributed by atoms with Gasteiger partial charge in [0.25, 0.3) is 0 Å². The van der Waals surface area contributed by atoms with Crippen molar-refractivity contribution in [1.82, 2.24) is 9.80 Å². The Morgan fingerprint density at radius 2 is 1.29 bits per heavy atom. The highest BCUT2D eigenvalue weighted by atomic mass is 127. The van der Waals surface area contributed by atoms with Gasteiger partial charge in [-0.3, -0.25) is 9.80 Å². The van der Waals surface area contributed by atoms with Gasteiger partial charge in [-0.05, 0) is 141 Å². The van der Waals surface area contributed by atoms with Crippen molar-refractivity contribution >= 4 is 28.2 Å². The molecule has 6 rings (SSSR count). The maximum Gasteiger partial charge on any atom is 0.148 e. The van der Waals surface area contributed by atoms with Crippen LogP contribution in [-0.2, 0) is 0 Å². The SMILES string of the molecule is CC1=C(CO)C(c2ccc(OCCN3CCCCC3)cc2)Oc2cc(O)ccc21.Ic1ccc(OCCN2CCCCC2)cc1. The Bertz CT molecular complexity index is 1370. The standard InChI is InChI=1S/C24H29NO4.C13H18INO/c1-17-21-10-7-19(27)15-23(21)29-24(22(17)16-26)18-5-8-20(9-6-18)28-14-13-25-11-3-2-4-12-25;14-12-4-6-13(7-5-12)16-11-10-15-8-2-1-3-9-15/h5-10,15,24,26-27H,2-4,11-14,16H2,1H3;4-7H,1-3,8-11H2. The molecule has 3 aliphatic rings. The summed E-state index contributed by atoms with van der Waals surface area (Å²) in [5.41, 5.74) is 3.68. The first-order valence-electron chi connectivity index (χ1n) is 16.4. The molecule has 2 N–H and O–H groups in total. The number of benzene rings is 3. The van der Waals surface area contributed by atoms with E-state index in [2.05, 4.69) is 44.5 Å². The fraction of sp³-hybridized carbons (Fsp3) is 0.459. The van der Waals surface area contributed by atoms with Gasteiger partial charge in [0, 0.05) is 33.9 Å². The molecule has 2 saturated heterocycles. The van der Waals surface area contributed by atoms with Crippen molar-refractivity contribution in [3.8, 4) is 23.0 Å². The van der Waals surface area contributed by atoms with Gasteiger partial charge in [0.05, 0.1) is 6.61 Å². The lowest BCUT2D eigenvalue weighted by molar-refractivity contribution is 0.183. The van der Waals surface area contributed by atoms with Gasteiger partial charge in [0.15, 0.2) is 0 Å². The van der Waals surface area contributed by atoms with Gasteiger partial charge in [0.2, 0.25) is 0 Å². The molecule has 1 unspecified atom stereocenters. The van der Waals surface area contributed by atoms with Crippen LogP contribution in [0.1, 0.15) is 62.7 Å². The van der Waals surface area contributed by atoms with Crippen molar-refractivity contribution in [1.29, 1.82) is 0 Å². The Balaban J connectivity index is 0.000000211. The van der Waals surface area contributed by atoms with Crippen LogP contribution in [0, 0.1) is 3.57 Å². The summed E-state index contributed by atoms with van der Waals surface area (Å²) < 4.78 is 19.0. The lowest BCUT2D eigenvalue weighted by atomic mass is 9.91. The molecule has 7 nitrogen and oxygen atoms in total. The van der Waals surface area contributed by atoms with Gasteiger partial charge in [-0.1, -0.05) is 25.0 Å². The van der Waals surface area contributed by atoms with Gasteiger partial charge >= 0.3 is 0 Å². The second kappa shape index (κ2) is 17.2. The summed E-state index contributed by atoms with van der Waals surface area (Å²) in [7, 11) is 0. The average molecular weight is 727 g/mol. The minimum Gasteiger partial charge on any atom is -0.508 e. The van der Waals surface area contributed by atoms with Crippen LogP contribution in [0.4, 0.5) is 0 Å². The van der Waals surface area contributed by atoms with Crippen LogP contribution >= 0.6 is 22.6 Å². The molecule has 0 radical (unpaired) electrons. The van der Waals surface area contributed by atoms with Crippen LogP contribution in [-0.4, -0.2) is 79.1 Å². The summed E-state index contributed by atoms with van der Waals surface area (Å²) in [6.45, 7) is 10.3. The summed E-state index contributed by atoms with van der Waals surface area (Å²) in [5.74, 6) is 2.62. The van der Waals surface area contributed by atoms with E-state index < -0.39 is 0 Å². The monoisotopic (exact) mass is 726 g/mol. The van der Waals surface area contributed by atoms with Gasteiger partial charge in [-0.2, -0.15) is 0 Å². The lowest BCUT2D eigenvalue weighted by Crippen LogP contribution is -2.33. The van der Waals surface area contributed by atoms with Crippen molar-refractivity contribution < 1.29 is 24.4 Å². The number of aliphatic hydroxyl groups excluding tert-OH is 1. The quantitative estimate of drug-likeness (QED) is 0.213. The van der Waals surface area contributed by atoms with E-state index in [0.29, 0.717) is 12.4 Å². The smallest absolute Gasteiger partial charge is 0.148 e. The fourth-order valence-corrected chi connectivity index (χ4v) is 6.54. The molecule has 3 heterocycles. The number of allylic oxidation sites excluding steroid dienone is 1. The van der Waals surface area contributed by atoms with Crippen LogP contribution in [0.15, 0.2) is 72.3 Å². The Kier molecular flexibility index (Phi) is 12.8. The van der Waals surface area contributed by atoms with Gasteiger partial charge in [-0.25, -0.2) is 0 Å². The van der Waals surface area contributed by atoms with Crippen molar-refractivity contribution in [2.45, 2.75) is 51.6 Å². The third kappa shape index (κ3) is 9.85. The molecule has 3 aromatic carbocycles. The van der Waals surface area contributed by atoms with E-state index >= 15 is 0 Å². The maximum atomic E-state index is 9.95. The molecule has 0 aliphatic carbocycles. The lowest BCUT2D eigenvalue weighted by Gasteiger charge is -2.30. The van der Waals surface area contributed by atoms with Crippen LogP contribution in [0.3, 0.4) is 0 Å². The summed E-state index contributed by atoms with van der Waals surface area (Å²) in [6, 6.07) is 21.2. The Labute approximate surface area is 281 Å². The normalized spacial score (nSPS) is 18.8. The molecule has 0 spiro atoms. The van der Waals surface area contributed by atoms with Crippen LogP contribution < -0.4 is 14.2 Å². The molecule has 45 heavy (non-hydrogen) atoms. The number of hydrogen-bond acceptors (Lipinski definition) is 7. The highest BCUT2D eigenvalue weighted by Gasteiger charge is 2.28. The van der Waals surface area contributed by atoms with Gasteiger partial charge in [-0.15, -0.1) is 0 Å². The van der Waals surface area contributed by atoms with Crippen molar-refractivity contribution in [2.24, 2.45) is 0 Å². The Morgan fingerprint density at radius 3 is 1.82 bits per heavy atom. The molecule has 0 aromatic heterocycles. The molecular weight excluding hydrogens is 679 g/mol. The average Bonchev–Trinajstić information content (AvgIpc) is 3.07. The first kappa shape index (κ1) is 33.6. The highest BCUT2D eigenvalue weighted by Crippen LogP contribution is 2.43. The van der Waals surface area contributed by atoms with Gasteiger partial charge in [0.1, 0.15) is 42.3 Å². The number of phenols is 1. The largest absolute Gasteiger partial charge is 0.508 e. The number of rotatable bonds is 10.